The molecule has 0 aliphatic carbocycles. The molecule has 0 unspecified atom stereocenters. The zero-order valence-corrected chi connectivity index (χ0v) is 13.5. The molecule has 21 heavy (non-hydrogen) atoms. The second-order valence-corrected chi connectivity index (χ2v) is 6.64. The summed E-state index contributed by atoms with van der Waals surface area (Å²) in [4.78, 5) is 0.303. The van der Waals surface area contributed by atoms with Crippen LogP contribution < -0.4 is 0 Å². The molecule has 5 heteroatoms. The standard InChI is InChI=1S/C16H23NO3S/c1-3-12-17(13-4-2)21(19,20)16-10-8-15(9-11-16)7-5-6-14-18/h8-11,18H,3-4,6,12-14H2,1-2H3. The van der Waals surface area contributed by atoms with Crippen LogP contribution in [0.4, 0.5) is 0 Å². The Morgan fingerprint density at radius 3 is 2.14 bits per heavy atom. The lowest BCUT2D eigenvalue weighted by molar-refractivity contribution is 0.305. The van der Waals surface area contributed by atoms with Crippen molar-refractivity contribution < 1.29 is 13.5 Å². The van der Waals surface area contributed by atoms with Gasteiger partial charge in [-0.2, -0.15) is 4.31 Å². The third kappa shape index (κ3) is 5.16. The molecule has 0 spiro atoms. The molecule has 1 aromatic rings. The monoisotopic (exact) mass is 309 g/mol. The van der Waals surface area contributed by atoms with Crippen molar-refractivity contribution in [3.05, 3.63) is 29.8 Å². The Kier molecular flexibility index (Phi) is 7.44. The van der Waals surface area contributed by atoms with Crippen molar-refractivity contribution in [3.63, 3.8) is 0 Å². The zero-order chi connectivity index (χ0) is 15.7. The molecule has 0 fully saturated rings. The Labute approximate surface area is 127 Å². The van der Waals surface area contributed by atoms with Crippen LogP contribution in [0.3, 0.4) is 0 Å². The van der Waals surface area contributed by atoms with Gasteiger partial charge in [0.05, 0.1) is 11.5 Å². The van der Waals surface area contributed by atoms with Crippen molar-refractivity contribution in [2.24, 2.45) is 0 Å². The first-order valence-corrected chi connectivity index (χ1v) is 8.70. The van der Waals surface area contributed by atoms with Crippen LogP contribution in [0.15, 0.2) is 29.2 Å². The fraction of sp³-hybridized carbons (Fsp3) is 0.500. The average molecular weight is 309 g/mol. The van der Waals surface area contributed by atoms with Crippen LogP contribution in [-0.2, 0) is 10.0 Å². The van der Waals surface area contributed by atoms with Gasteiger partial charge < -0.3 is 5.11 Å². The quantitative estimate of drug-likeness (QED) is 0.786. The van der Waals surface area contributed by atoms with Crippen molar-refractivity contribution in [3.8, 4) is 11.8 Å². The largest absolute Gasteiger partial charge is 0.395 e. The van der Waals surface area contributed by atoms with Crippen LogP contribution >= 0.6 is 0 Å². The second-order valence-electron chi connectivity index (χ2n) is 4.70. The van der Waals surface area contributed by atoms with Gasteiger partial charge in [-0.15, -0.1) is 0 Å². The molecular formula is C16H23NO3S. The van der Waals surface area contributed by atoms with Gasteiger partial charge in [0.2, 0.25) is 10.0 Å². The summed E-state index contributed by atoms with van der Waals surface area (Å²) in [6.07, 6.45) is 2.01. The van der Waals surface area contributed by atoms with E-state index in [2.05, 4.69) is 11.8 Å². The van der Waals surface area contributed by atoms with Gasteiger partial charge in [-0.3, -0.25) is 0 Å². The average Bonchev–Trinajstić information content (AvgIpc) is 2.48. The van der Waals surface area contributed by atoms with Gasteiger partial charge in [0.1, 0.15) is 0 Å². The summed E-state index contributed by atoms with van der Waals surface area (Å²) in [5, 5.41) is 8.67. The maximum Gasteiger partial charge on any atom is 0.243 e. The summed E-state index contributed by atoms with van der Waals surface area (Å²) in [7, 11) is -3.42. The fourth-order valence-electron chi connectivity index (χ4n) is 1.93. The van der Waals surface area contributed by atoms with Gasteiger partial charge in [-0.05, 0) is 37.1 Å². The van der Waals surface area contributed by atoms with Crippen molar-refractivity contribution in [1.29, 1.82) is 0 Å². The van der Waals surface area contributed by atoms with Crippen LogP contribution in [0.25, 0.3) is 0 Å². The van der Waals surface area contributed by atoms with E-state index < -0.39 is 10.0 Å². The van der Waals surface area contributed by atoms with E-state index in [0.29, 0.717) is 24.4 Å². The van der Waals surface area contributed by atoms with E-state index in [0.717, 1.165) is 18.4 Å². The predicted octanol–water partition coefficient (Wildman–Crippen LogP) is 2.23. The van der Waals surface area contributed by atoms with Crippen molar-refractivity contribution in [2.75, 3.05) is 19.7 Å². The second kappa shape index (κ2) is 8.83. The molecule has 1 rings (SSSR count). The fourth-order valence-corrected chi connectivity index (χ4v) is 3.55. The van der Waals surface area contributed by atoms with E-state index in [4.69, 9.17) is 5.11 Å². The molecule has 0 amide bonds. The van der Waals surface area contributed by atoms with Gasteiger partial charge >= 0.3 is 0 Å². The number of sulfonamides is 1. The van der Waals surface area contributed by atoms with E-state index in [-0.39, 0.29) is 6.61 Å². The first-order valence-electron chi connectivity index (χ1n) is 7.26. The zero-order valence-electron chi connectivity index (χ0n) is 12.7. The Hall–Kier alpha value is -1.35. The molecule has 0 bridgehead atoms. The van der Waals surface area contributed by atoms with Crippen LogP contribution in [0.2, 0.25) is 0 Å². The predicted molar refractivity (Wildman–Crippen MR) is 84.4 cm³/mol. The third-order valence-electron chi connectivity index (χ3n) is 2.91. The highest BCUT2D eigenvalue weighted by Crippen LogP contribution is 2.17. The lowest BCUT2D eigenvalue weighted by atomic mass is 10.2. The molecule has 1 aromatic carbocycles. The van der Waals surface area contributed by atoms with E-state index in [9.17, 15) is 8.42 Å². The van der Waals surface area contributed by atoms with Gasteiger partial charge in [-0.1, -0.05) is 25.7 Å². The number of aliphatic hydroxyl groups excluding tert-OH is 1. The van der Waals surface area contributed by atoms with Crippen LogP contribution in [0.1, 0.15) is 38.7 Å². The summed E-state index contributed by atoms with van der Waals surface area (Å²) in [5.74, 6) is 5.70. The maximum atomic E-state index is 12.5. The summed E-state index contributed by atoms with van der Waals surface area (Å²) in [6.45, 7) is 5.04. The topological polar surface area (TPSA) is 57.6 Å². The van der Waals surface area contributed by atoms with Gasteiger partial charge in [0.15, 0.2) is 0 Å². The Balaban J connectivity index is 2.96. The molecule has 0 saturated heterocycles. The van der Waals surface area contributed by atoms with Crippen LogP contribution in [0, 0.1) is 11.8 Å². The smallest absolute Gasteiger partial charge is 0.243 e. The van der Waals surface area contributed by atoms with E-state index in [1.807, 2.05) is 13.8 Å². The summed E-state index contributed by atoms with van der Waals surface area (Å²) in [6, 6.07) is 6.59. The molecule has 0 saturated carbocycles. The van der Waals surface area contributed by atoms with Crippen LogP contribution in [-0.4, -0.2) is 37.5 Å². The summed E-state index contributed by atoms with van der Waals surface area (Å²) >= 11 is 0. The highest BCUT2D eigenvalue weighted by Gasteiger charge is 2.22. The SMILES string of the molecule is CCCN(CCC)S(=O)(=O)c1ccc(C#CCCO)cc1. The number of rotatable bonds is 7. The molecule has 0 aromatic heterocycles. The van der Waals surface area contributed by atoms with Crippen molar-refractivity contribution >= 4 is 10.0 Å². The lowest BCUT2D eigenvalue weighted by Gasteiger charge is -2.20. The van der Waals surface area contributed by atoms with Crippen molar-refractivity contribution in [2.45, 2.75) is 38.0 Å². The van der Waals surface area contributed by atoms with E-state index >= 15 is 0 Å². The summed E-state index contributed by atoms with van der Waals surface area (Å²) in [5.41, 5.74) is 0.750. The molecule has 0 aliphatic heterocycles. The molecule has 0 heterocycles. The Bertz CT molecular complexity index is 576. The highest BCUT2D eigenvalue weighted by atomic mass is 32.2. The first kappa shape index (κ1) is 17.7. The normalized spacial score (nSPS) is 11.2. The Morgan fingerprint density at radius 1 is 1.10 bits per heavy atom. The lowest BCUT2D eigenvalue weighted by Crippen LogP contribution is -2.32. The minimum absolute atomic E-state index is 0.0302. The van der Waals surface area contributed by atoms with E-state index in [1.54, 1.807) is 24.3 Å². The van der Waals surface area contributed by atoms with E-state index in [1.165, 1.54) is 4.31 Å². The molecule has 1 N–H and O–H groups in total. The van der Waals surface area contributed by atoms with Gasteiger partial charge in [0, 0.05) is 25.1 Å². The van der Waals surface area contributed by atoms with Gasteiger partial charge in [-0.25, -0.2) is 8.42 Å². The number of benzene rings is 1. The number of hydrogen-bond donors (Lipinski definition) is 1. The molecule has 0 aliphatic rings. The Morgan fingerprint density at radius 2 is 1.67 bits per heavy atom. The molecule has 0 atom stereocenters. The van der Waals surface area contributed by atoms with Crippen LogP contribution in [0.5, 0.6) is 0 Å². The molecule has 116 valence electrons. The van der Waals surface area contributed by atoms with Gasteiger partial charge in [0.25, 0.3) is 0 Å². The minimum Gasteiger partial charge on any atom is -0.395 e. The highest BCUT2D eigenvalue weighted by molar-refractivity contribution is 7.89. The first-order chi connectivity index (χ1) is 10.1. The number of hydrogen-bond acceptors (Lipinski definition) is 3. The number of aliphatic hydroxyl groups is 1. The minimum atomic E-state index is -3.42. The molecular weight excluding hydrogens is 286 g/mol. The maximum absolute atomic E-state index is 12.5. The number of nitrogens with zero attached hydrogens (tertiary/aromatic N) is 1. The molecule has 0 radical (unpaired) electrons. The summed E-state index contributed by atoms with van der Waals surface area (Å²) < 4.78 is 26.6. The third-order valence-corrected chi connectivity index (χ3v) is 4.82. The van der Waals surface area contributed by atoms with Crippen molar-refractivity contribution in [1.82, 2.24) is 4.31 Å². The molecule has 4 nitrogen and oxygen atoms in total.